The van der Waals surface area contributed by atoms with Gasteiger partial charge in [-0.25, -0.2) is 0 Å². The van der Waals surface area contributed by atoms with Gasteiger partial charge in [0.1, 0.15) is 8.16 Å². The number of rotatable bonds is 0. The molecule has 0 aromatic rings. The minimum atomic E-state index is -1.11. The second-order valence-electron chi connectivity index (χ2n) is 10.2. The lowest BCUT2D eigenvalue weighted by molar-refractivity contribution is 0.0298. The van der Waals surface area contributed by atoms with Gasteiger partial charge in [0.15, 0.2) is 0 Å². The van der Waals surface area contributed by atoms with Crippen LogP contribution in [0.25, 0.3) is 0 Å². The third kappa shape index (κ3) is 1.55. The lowest BCUT2D eigenvalue weighted by Gasteiger charge is -2.77. The SMILES string of the molecule is CC(C)(C)C12S(=O)C(C(C)(C)C)(S1=O)C(C)(C)CC2(C)C. The van der Waals surface area contributed by atoms with E-state index in [9.17, 15) is 8.42 Å². The van der Waals surface area contributed by atoms with Crippen LogP contribution in [-0.4, -0.2) is 16.6 Å². The fraction of sp³-hybridized carbons (Fsp3) is 1.00. The molecule has 3 heterocycles. The summed E-state index contributed by atoms with van der Waals surface area (Å²) in [5, 5.41) is 0. The molecular formula is C17H32O2S2. The first-order valence-corrected chi connectivity index (χ1v) is 10.2. The van der Waals surface area contributed by atoms with Gasteiger partial charge in [0.05, 0.1) is 21.6 Å². The Balaban J connectivity index is 2.83. The normalized spacial score (nSPS) is 45.0. The van der Waals surface area contributed by atoms with Gasteiger partial charge in [0.2, 0.25) is 0 Å². The third-order valence-corrected chi connectivity index (χ3v) is 14.2. The fourth-order valence-electron chi connectivity index (χ4n) is 5.99. The molecule has 0 unspecified atom stereocenters. The van der Waals surface area contributed by atoms with Gasteiger partial charge in [0.25, 0.3) is 0 Å². The van der Waals surface area contributed by atoms with Crippen molar-refractivity contribution in [1.82, 2.24) is 0 Å². The van der Waals surface area contributed by atoms with E-state index >= 15 is 0 Å². The molecule has 4 heteroatoms. The van der Waals surface area contributed by atoms with Crippen molar-refractivity contribution >= 4 is 21.6 Å². The molecule has 0 aromatic heterocycles. The highest BCUT2D eigenvalue weighted by Gasteiger charge is 2.87. The third-order valence-electron chi connectivity index (χ3n) is 5.68. The molecule has 3 fully saturated rings. The summed E-state index contributed by atoms with van der Waals surface area (Å²) >= 11 is 0. The standard InChI is InChI=1S/C17H32O2S2/c1-12(2,3)16-14(7,8)11-15(9,10)17(20(16)18,21(16)19)13(4,5)6/h11H2,1-10H3. The zero-order chi connectivity index (χ0) is 16.9. The maximum Gasteiger partial charge on any atom is 0.133 e. The molecule has 21 heavy (non-hydrogen) atoms. The van der Waals surface area contributed by atoms with E-state index in [1.807, 2.05) is 0 Å². The first kappa shape index (κ1) is 17.7. The summed E-state index contributed by atoms with van der Waals surface area (Å²) in [5.41, 5.74) is -0.871. The summed E-state index contributed by atoms with van der Waals surface area (Å²) < 4.78 is 26.3. The Hall–Kier alpha value is 0.300. The molecule has 0 aliphatic carbocycles. The highest BCUT2D eigenvalue weighted by atomic mass is 32.3. The Kier molecular flexibility index (Phi) is 3.39. The summed E-state index contributed by atoms with van der Waals surface area (Å²) in [6.07, 6.45) is 0.964. The van der Waals surface area contributed by atoms with Crippen LogP contribution in [-0.2, 0) is 21.6 Å². The van der Waals surface area contributed by atoms with Crippen molar-refractivity contribution in [3.8, 4) is 0 Å². The van der Waals surface area contributed by atoms with Crippen LogP contribution < -0.4 is 0 Å². The topological polar surface area (TPSA) is 34.1 Å². The van der Waals surface area contributed by atoms with Gasteiger partial charge in [-0.1, -0.05) is 69.2 Å². The minimum absolute atomic E-state index is 0.197. The second-order valence-corrected chi connectivity index (χ2v) is 14.3. The molecule has 2 nitrogen and oxygen atoms in total. The molecule has 124 valence electrons. The predicted molar refractivity (Wildman–Crippen MR) is 92.8 cm³/mol. The molecule has 3 rings (SSSR count). The van der Waals surface area contributed by atoms with Crippen molar-refractivity contribution in [3.05, 3.63) is 0 Å². The molecule has 0 saturated carbocycles. The van der Waals surface area contributed by atoms with Crippen LogP contribution >= 0.6 is 0 Å². The van der Waals surface area contributed by atoms with Crippen molar-refractivity contribution in [2.24, 2.45) is 21.7 Å². The summed E-state index contributed by atoms with van der Waals surface area (Å²) in [4.78, 5) is 0. The molecule has 0 N–H and O–H groups in total. The first-order chi connectivity index (χ1) is 9.02. The quantitative estimate of drug-likeness (QED) is 0.657. The van der Waals surface area contributed by atoms with Crippen molar-refractivity contribution in [2.75, 3.05) is 0 Å². The van der Waals surface area contributed by atoms with E-state index in [1.54, 1.807) is 0 Å². The molecule has 2 bridgehead atoms. The maximum atomic E-state index is 13.7. The predicted octanol–water partition coefficient (Wildman–Crippen LogP) is 4.44. The van der Waals surface area contributed by atoms with Crippen LogP contribution in [0.5, 0.6) is 0 Å². The average molecular weight is 333 g/mol. The van der Waals surface area contributed by atoms with Crippen LogP contribution in [0.2, 0.25) is 0 Å². The molecule has 3 aliphatic rings. The lowest BCUT2D eigenvalue weighted by Crippen LogP contribution is -2.87. The molecule has 3 saturated heterocycles. The first-order valence-electron chi connectivity index (χ1n) is 7.86. The molecular weight excluding hydrogens is 300 g/mol. The second kappa shape index (κ2) is 4.03. The van der Waals surface area contributed by atoms with E-state index in [4.69, 9.17) is 0 Å². The van der Waals surface area contributed by atoms with Gasteiger partial charge in [-0.3, -0.25) is 8.42 Å². The number of hydrogen-bond acceptors (Lipinski definition) is 2. The van der Waals surface area contributed by atoms with Gasteiger partial charge in [0, 0.05) is 0 Å². The van der Waals surface area contributed by atoms with E-state index in [1.165, 1.54) is 0 Å². The zero-order valence-electron chi connectivity index (χ0n) is 15.3. The molecule has 0 spiro atoms. The van der Waals surface area contributed by atoms with E-state index in [2.05, 4.69) is 69.2 Å². The van der Waals surface area contributed by atoms with E-state index < -0.39 is 29.8 Å². The molecule has 0 radical (unpaired) electrons. The van der Waals surface area contributed by atoms with Gasteiger partial charge in [-0.15, -0.1) is 0 Å². The number of fused-ring (bicyclic) bond motifs is 2. The Morgan fingerprint density at radius 3 is 1.10 bits per heavy atom. The van der Waals surface area contributed by atoms with Crippen LogP contribution in [0.1, 0.15) is 75.7 Å². The Morgan fingerprint density at radius 1 is 0.667 bits per heavy atom. The highest BCUT2D eigenvalue weighted by molar-refractivity contribution is 8.22. The molecule has 0 amide bonds. The van der Waals surface area contributed by atoms with Gasteiger partial charge in [-0.05, 0) is 28.1 Å². The van der Waals surface area contributed by atoms with E-state index in [0.717, 1.165) is 6.42 Å². The van der Waals surface area contributed by atoms with Crippen molar-refractivity contribution in [3.63, 3.8) is 0 Å². The van der Waals surface area contributed by atoms with Crippen LogP contribution in [0, 0.1) is 21.7 Å². The smallest absolute Gasteiger partial charge is 0.133 e. The Morgan fingerprint density at radius 2 is 0.905 bits per heavy atom. The lowest BCUT2D eigenvalue weighted by atomic mass is 9.61. The highest BCUT2D eigenvalue weighted by Crippen LogP contribution is 2.77. The average Bonchev–Trinajstić information content (AvgIpc) is 2.07. The fourth-order valence-corrected chi connectivity index (χ4v) is 13.4. The monoisotopic (exact) mass is 332 g/mol. The Labute approximate surface area is 135 Å². The van der Waals surface area contributed by atoms with Crippen LogP contribution in [0.15, 0.2) is 0 Å². The molecule has 3 aliphatic heterocycles. The molecule has 0 atom stereocenters. The maximum absolute atomic E-state index is 13.7. The minimum Gasteiger partial charge on any atom is -0.256 e. The molecule has 0 aromatic carbocycles. The van der Waals surface area contributed by atoms with Gasteiger partial charge >= 0.3 is 0 Å². The summed E-state index contributed by atoms with van der Waals surface area (Å²) in [6, 6.07) is 0. The Bertz CT molecular complexity index is 470. The van der Waals surface area contributed by atoms with Gasteiger partial charge in [-0.2, -0.15) is 0 Å². The van der Waals surface area contributed by atoms with E-state index in [-0.39, 0.29) is 21.7 Å². The van der Waals surface area contributed by atoms with E-state index in [0.29, 0.717) is 0 Å². The van der Waals surface area contributed by atoms with Crippen LogP contribution in [0.4, 0.5) is 0 Å². The van der Waals surface area contributed by atoms with Crippen molar-refractivity contribution in [1.29, 1.82) is 0 Å². The van der Waals surface area contributed by atoms with Gasteiger partial charge < -0.3 is 0 Å². The summed E-state index contributed by atoms with van der Waals surface area (Å²) in [5.74, 6) is 0. The van der Waals surface area contributed by atoms with Crippen molar-refractivity contribution in [2.45, 2.75) is 83.8 Å². The zero-order valence-corrected chi connectivity index (χ0v) is 17.0. The van der Waals surface area contributed by atoms with Crippen molar-refractivity contribution < 1.29 is 8.42 Å². The van der Waals surface area contributed by atoms with Crippen LogP contribution in [0.3, 0.4) is 0 Å². The summed E-state index contributed by atoms with van der Waals surface area (Å²) in [7, 11) is -2.23. The largest absolute Gasteiger partial charge is 0.256 e. The summed E-state index contributed by atoms with van der Waals surface area (Å²) in [6.45, 7) is 21.3. The number of hydrogen-bond donors (Lipinski definition) is 0.